The summed E-state index contributed by atoms with van der Waals surface area (Å²) in [5.74, 6) is -0.345. The van der Waals surface area contributed by atoms with E-state index >= 15 is 0 Å². The molecule has 0 aliphatic carbocycles. The fourth-order valence-electron chi connectivity index (χ4n) is 2.99. The first-order valence-electron chi connectivity index (χ1n) is 8.94. The van der Waals surface area contributed by atoms with Crippen LogP contribution in [0.4, 0.5) is 11.4 Å². The number of aromatic hydroxyl groups is 1. The molecule has 1 aliphatic rings. The molecule has 0 atom stereocenters. The fourth-order valence-corrected chi connectivity index (χ4v) is 3.16. The number of ether oxygens (including phenoxy) is 2. The van der Waals surface area contributed by atoms with Crippen molar-refractivity contribution in [3.05, 3.63) is 52.6 Å². The van der Waals surface area contributed by atoms with Crippen molar-refractivity contribution in [1.29, 1.82) is 5.26 Å². The highest BCUT2D eigenvalue weighted by atomic mass is 35.5. The smallest absolute Gasteiger partial charge is 0.266 e. The number of carbonyl (C=O) groups excluding carboxylic acids is 1. The monoisotopic (exact) mass is 413 g/mol. The lowest BCUT2D eigenvalue weighted by atomic mass is 10.1. The summed E-state index contributed by atoms with van der Waals surface area (Å²) in [6.07, 6.45) is 1.40. The van der Waals surface area contributed by atoms with Crippen LogP contribution in [0.1, 0.15) is 5.56 Å². The summed E-state index contributed by atoms with van der Waals surface area (Å²) >= 11 is 6.11. The molecule has 2 aromatic carbocycles. The number of hydrogen-bond donors (Lipinski definition) is 2. The van der Waals surface area contributed by atoms with Gasteiger partial charge in [0.1, 0.15) is 11.6 Å². The van der Waals surface area contributed by atoms with E-state index in [0.717, 1.165) is 5.69 Å². The van der Waals surface area contributed by atoms with Crippen molar-refractivity contribution in [3.8, 4) is 17.6 Å². The van der Waals surface area contributed by atoms with E-state index in [1.807, 2.05) is 12.1 Å². The van der Waals surface area contributed by atoms with Crippen LogP contribution in [-0.4, -0.2) is 44.4 Å². The van der Waals surface area contributed by atoms with E-state index in [4.69, 9.17) is 21.1 Å². The number of amides is 1. The molecular formula is C21H20ClN3O4. The molecule has 0 bridgehead atoms. The molecule has 1 amide bonds. The lowest BCUT2D eigenvalue weighted by Gasteiger charge is -2.30. The van der Waals surface area contributed by atoms with Gasteiger partial charge < -0.3 is 24.8 Å². The molecule has 2 aromatic rings. The first kappa shape index (κ1) is 20.5. The predicted octanol–water partition coefficient (Wildman–Crippen LogP) is 3.44. The zero-order valence-corrected chi connectivity index (χ0v) is 16.6. The molecule has 1 aliphatic heterocycles. The third kappa shape index (κ3) is 4.99. The van der Waals surface area contributed by atoms with Gasteiger partial charge in [-0.1, -0.05) is 17.7 Å². The van der Waals surface area contributed by atoms with Crippen LogP contribution < -0.4 is 15.0 Å². The summed E-state index contributed by atoms with van der Waals surface area (Å²) in [6.45, 7) is 2.58. The van der Waals surface area contributed by atoms with Gasteiger partial charge in [-0.25, -0.2) is 0 Å². The van der Waals surface area contributed by atoms with Gasteiger partial charge in [0, 0.05) is 18.1 Å². The van der Waals surface area contributed by atoms with Crippen LogP contribution in [0.3, 0.4) is 0 Å². The number of hydrogen-bond acceptors (Lipinski definition) is 6. The summed E-state index contributed by atoms with van der Waals surface area (Å²) in [5.41, 5.74) is 1.71. The van der Waals surface area contributed by atoms with E-state index < -0.39 is 5.91 Å². The largest absolute Gasteiger partial charge is 0.504 e. The Labute approximate surface area is 173 Å². The van der Waals surface area contributed by atoms with Gasteiger partial charge in [0.05, 0.1) is 31.7 Å². The third-order valence-corrected chi connectivity index (χ3v) is 4.67. The van der Waals surface area contributed by atoms with Gasteiger partial charge in [-0.15, -0.1) is 0 Å². The van der Waals surface area contributed by atoms with Crippen LogP contribution >= 0.6 is 11.6 Å². The molecule has 1 fully saturated rings. The van der Waals surface area contributed by atoms with Crippen LogP contribution in [-0.2, 0) is 9.53 Å². The minimum Gasteiger partial charge on any atom is -0.504 e. The second-order valence-corrected chi connectivity index (χ2v) is 6.75. The number of morpholine rings is 1. The number of nitriles is 1. The fraction of sp³-hybridized carbons (Fsp3) is 0.238. The lowest BCUT2D eigenvalue weighted by molar-refractivity contribution is -0.112. The third-order valence-electron chi connectivity index (χ3n) is 4.44. The second kappa shape index (κ2) is 9.32. The topological polar surface area (TPSA) is 94.8 Å². The molecule has 0 unspecified atom stereocenters. The average Bonchev–Trinajstić information content (AvgIpc) is 2.73. The molecule has 0 saturated carbocycles. The summed E-state index contributed by atoms with van der Waals surface area (Å²) in [7, 11) is 1.44. The maximum atomic E-state index is 12.7. The van der Waals surface area contributed by atoms with Crippen molar-refractivity contribution in [2.24, 2.45) is 0 Å². The van der Waals surface area contributed by atoms with Crippen molar-refractivity contribution in [2.45, 2.75) is 0 Å². The highest BCUT2D eigenvalue weighted by Crippen LogP contribution is 2.31. The number of rotatable bonds is 5. The minimum absolute atomic E-state index is 0.0802. The van der Waals surface area contributed by atoms with Crippen molar-refractivity contribution >= 4 is 35.0 Å². The number of nitrogens with zero attached hydrogens (tertiary/aromatic N) is 2. The number of halogens is 1. The van der Waals surface area contributed by atoms with E-state index in [1.165, 1.54) is 19.3 Å². The van der Waals surface area contributed by atoms with Gasteiger partial charge in [-0.2, -0.15) is 5.26 Å². The molecule has 0 spiro atoms. The summed E-state index contributed by atoms with van der Waals surface area (Å²) in [6, 6.07) is 11.8. The molecule has 29 heavy (non-hydrogen) atoms. The number of nitrogens with one attached hydrogen (secondary N) is 1. The average molecular weight is 414 g/mol. The highest BCUT2D eigenvalue weighted by Gasteiger charge is 2.18. The zero-order chi connectivity index (χ0) is 20.8. The Balaban J connectivity index is 1.85. The molecule has 150 valence electrons. The van der Waals surface area contributed by atoms with Crippen molar-refractivity contribution in [1.82, 2.24) is 0 Å². The lowest BCUT2D eigenvalue weighted by Crippen LogP contribution is -2.36. The van der Waals surface area contributed by atoms with Crippen molar-refractivity contribution in [2.75, 3.05) is 43.6 Å². The van der Waals surface area contributed by atoms with Crippen LogP contribution in [0.25, 0.3) is 6.08 Å². The van der Waals surface area contributed by atoms with Gasteiger partial charge in [0.15, 0.2) is 11.5 Å². The molecule has 0 aromatic heterocycles. The van der Waals surface area contributed by atoms with Gasteiger partial charge in [-0.05, 0) is 42.0 Å². The Morgan fingerprint density at radius 1 is 1.31 bits per heavy atom. The minimum atomic E-state index is -0.570. The first-order valence-corrected chi connectivity index (χ1v) is 9.32. The molecule has 1 heterocycles. The summed E-state index contributed by atoms with van der Waals surface area (Å²) in [4.78, 5) is 14.8. The van der Waals surface area contributed by atoms with E-state index in [1.54, 1.807) is 24.3 Å². The molecule has 1 saturated heterocycles. The zero-order valence-electron chi connectivity index (χ0n) is 15.8. The Morgan fingerprint density at radius 3 is 2.72 bits per heavy atom. The molecule has 3 rings (SSSR count). The quantitative estimate of drug-likeness (QED) is 0.576. The van der Waals surface area contributed by atoms with Crippen LogP contribution in [0.5, 0.6) is 11.5 Å². The molecule has 8 heteroatoms. The van der Waals surface area contributed by atoms with Crippen molar-refractivity contribution in [3.63, 3.8) is 0 Å². The number of carbonyl (C=O) groups is 1. The van der Waals surface area contributed by atoms with Gasteiger partial charge in [0.25, 0.3) is 5.91 Å². The molecule has 2 N–H and O–H groups in total. The maximum Gasteiger partial charge on any atom is 0.266 e. The van der Waals surface area contributed by atoms with Crippen LogP contribution in [0, 0.1) is 11.3 Å². The Hall–Kier alpha value is -3.21. The molecule has 7 nitrogen and oxygen atoms in total. The van der Waals surface area contributed by atoms with Crippen molar-refractivity contribution < 1.29 is 19.4 Å². The summed E-state index contributed by atoms with van der Waals surface area (Å²) < 4.78 is 10.4. The van der Waals surface area contributed by atoms with Gasteiger partial charge in [-0.3, -0.25) is 4.79 Å². The highest BCUT2D eigenvalue weighted by molar-refractivity contribution is 6.31. The SMILES string of the molecule is COc1ccc(/C=C(\C#N)C(=O)Nc2cc(Cl)ccc2N2CCOCC2)cc1O. The second-order valence-electron chi connectivity index (χ2n) is 6.32. The number of benzene rings is 2. The summed E-state index contributed by atoms with van der Waals surface area (Å²) in [5, 5.41) is 22.6. The van der Waals surface area contributed by atoms with Gasteiger partial charge >= 0.3 is 0 Å². The van der Waals surface area contributed by atoms with E-state index in [0.29, 0.717) is 48.3 Å². The van der Waals surface area contributed by atoms with Crippen LogP contribution in [0.2, 0.25) is 5.02 Å². The number of methoxy groups -OCH3 is 1. The van der Waals surface area contributed by atoms with E-state index in [9.17, 15) is 15.2 Å². The molecule has 0 radical (unpaired) electrons. The number of phenolic OH excluding ortho intramolecular Hbond substituents is 1. The van der Waals surface area contributed by atoms with Gasteiger partial charge in [0.2, 0.25) is 0 Å². The van der Waals surface area contributed by atoms with E-state index in [-0.39, 0.29) is 11.3 Å². The predicted molar refractivity (Wildman–Crippen MR) is 111 cm³/mol. The Bertz CT molecular complexity index is 978. The van der Waals surface area contributed by atoms with Crippen LogP contribution in [0.15, 0.2) is 42.0 Å². The Morgan fingerprint density at radius 2 is 2.07 bits per heavy atom. The number of phenols is 1. The maximum absolute atomic E-state index is 12.7. The standard InChI is InChI=1S/C21H20ClN3O4/c1-28-20-5-2-14(11-19(20)26)10-15(13-23)21(27)24-17-12-16(22)3-4-18(17)25-6-8-29-9-7-25/h2-5,10-12,26H,6-9H2,1H3,(H,24,27)/b15-10+. The molecular weight excluding hydrogens is 394 g/mol. The normalized spacial score (nSPS) is 14.2. The van der Waals surface area contributed by atoms with E-state index in [2.05, 4.69) is 10.2 Å². The first-order chi connectivity index (χ1) is 14.0. The number of anilines is 2. The Kier molecular flexibility index (Phi) is 6.60.